The highest BCUT2D eigenvalue weighted by atomic mass is 16.5. The summed E-state index contributed by atoms with van der Waals surface area (Å²) in [4.78, 5) is 15.3. The molecule has 0 unspecified atom stereocenters. The highest BCUT2D eigenvalue weighted by Gasteiger charge is 2.36. The molecule has 0 radical (unpaired) electrons. The van der Waals surface area contributed by atoms with E-state index in [1.807, 2.05) is 19.1 Å². The van der Waals surface area contributed by atoms with Crippen LogP contribution in [0, 0.1) is 6.92 Å². The number of hydrogen-bond donors (Lipinski definition) is 0. The summed E-state index contributed by atoms with van der Waals surface area (Å²) in [7, 11) is 0. The van der Waals surface area contributed by atoms with Crippen LogP contribution in [0.25, 0.3) is 6.08 Å². The maximum Gasteiger partial charge on any atom is 0.232 e. The first-order chi connectivity index (χ1) is 13.2. The van der Waals surface area contributed by atoms with E-state index in [1.165, 1.54) is 32.1 Å². The van der Waals surface area contributed by atoms with Gasteiger partial charge in [0.25, 0.3) is 0 Å². The molecular formula is C22H23NO4. The van der Waals surface area contributed by atoms with Gasteiger partial charge in [-0.05, 0) is 43.5 Å². The maximum atomic E-state index is 12.9. The molecule has 1 aromatic heterocycles. The first-order valence-corrected chi connectivity index (χ1v) is 9.72. The second-order valence-electron chi connectivity index (χ2n) is 7.64. The zero-order valence-electron chi connectivity index (χ0n) is 15.5. The number of rotatable bonds is 2. The molecule has 0 amide bonds. The van der Waals surface area contributed by atoms with Gasteiger partial charge in [-0.2, -0.15) is 0 Å². The van der Waals surface area contributed by atoms with Gasteiger partial charge in [0, 0.05) is 18.7 Å². The first kappa shape index (κ1) is 16.6. The number of carbonyl (C=O) groups is 1. The zero-order valence-corrected chi connectivity index (χ0v) is 15.5. The molecule has 2 aliphatic heterocycles. The van der Waals surface area contributed by atoms with Crippen molar-refractivity contribution < 1.29 is 18.7 Å². The normalized spacial score (nSPS) is 21.7. The molecule has 1 aromatic carbocycles. The molecule has 1 fully saturated rings. The van der Waals surface area contributed by atoms with Gasteiger partial charge < -0.3 is 13.9 Å². The van der Waals surface area contributed by atoms with Gasteiger partial charge in [-0.15, -0.1) is 0 Å². The molecule has 0 atom stereocenters. The molecular weight excluding hydrogens is 342 g/mol. The number of hydrogen-bond acceptors (Lipinski definition) is 5. The van der Waals surface area contributed by atoms with Gasteiger partial charge in [0.15, 0.2) is 5.76 Å². The Morgan fingerprint density at radius 3 is 2.85 bits per heavy atom. The third-order valence-corrected chi connectivity index (χ3v) is 5.86. The van der Waals surface area contributed by atoms with Crippen molar-refractivity contribution in [2.75, 3.05) is 6.73 Å². The Morgan fingerprint density at radius 1 is 1.22 bits per heavy atom. The summed E-state index contributed by atoms with van der Waals surface area (Å²) in [6.07, 6.45) is 9.58. The number of fused-ring (bicyclic) bond motifs is 3. The second kappa shape index (κ2) is 6.57. The van der Waals surface area contributed by atoms with E-state index in [4.69, 9.17) is 13.9 Å². The van der Waals surface area contributed by atoms with E-state index in [0.29, 0.717) is 35.6 Å². The van der Waals surface area contributed by atoms with Gasteiger partial charge >= 0.3 is 0 Å². The highest BCUT2D eigenvalue weighted by Crippen LogP contribution is 2.44. The van der Waals surface area contributed by atoms with Gasteiger partial charge in [0.2, 0.25) is 5.78 Å². The van der Waals surface area contributed by atoms with Gasteiger partial charge in [0.05, 0.1) is 17.4 Å². The topological polar surface area (TPSA) is 51.9 Å². The van der Waals surface area contributed by atoms with Crippen molar-refractivity contribution in [1.29, 1.82) is 0 Å². The zero-order chi connectivity index (χ0) is 18.4. The molecule has 140 valence electrons. The molecule has 1 aliphatic carbocycles. The lowest BCUT2D eigenvalue weighted by molar-refractivity contribution is 0.0393. The predicted molar refractivity (Wildman–Crippen MR) is 101 cm³/mol. The minimum atomic E-state index is -0.0866. The number of benzene rings is 1. The molecule has 5 nitrogen and oxygen atoms in total. The molecule has 3 heterocycles. The van der Waals surface area contributed by atoms with Crippen LogP contribution in [-0.2, 0) is 6.54 Å². The number of allylic oxidation sites excluding steroid dienone is 1. The Bertz CT molecular complexity index is 907. The number of furan rings is 1. The van der Waals surface area contributed by atoms with Crippen molar-refractivity contribution in [3.8, 4) is 11.5 Å². The average Bonchev–Trinajstić information content (AvgIpc) is 3.31. The Kier molecular flexibility index (Phi) is 4.05. The molecule has 3 aliphatic rings. The van der Waals surface area contributed by atoms with Crippen LogP contribution in [-0.4, -0.2) is 23.5 Å². The van der Waals surface area contributed by atoms with E-state index in [1.54, 1.807) is 18.4 Å². The quantitative estimate of drug-likeness (QED) is 0.723. The summed E-state index contributed by atoms with van der Waals surface area (Å²) in [5, 5.41) is 0. The van der Waals surface area contributed by atoms with Crippen LogP contribution in [0.1, 0.15) is 59.3 Å². The van der Waals surface area contributed by atoms with Gasteiger partial charge in [0.1, 0.15) is 24.0 Å². The van der Waals surface area contributed by atoms with E-state index in [-0.39, 0.29) is 5.78 Å². The van der Waals surface area contributed by atoms with Crippen molar-refractivity contribution >= 4 is 11.9 Å². The first-order valence-electron chi connectivity index (χ1n) is 9.72. The van der Waals surface area contributed by atoms with Crippen LogP contribution < -0.4 is 9.47 Å². The minimum absolute atomic E-state index is 0.0866. The summed E-state index contributed by atoms with van der Waals surface area (Å²) in [6, 6.07) is 6.13. The average molecular weight is 365 g/mol. The lowest BCUT2D eigenvalue weighted by atomic mass is 9.93. The van der Waals surface area contributed by atoms with Crippen molar-refractivity contribution in [1.82, 2.24) is 4.90 Å². The predicted octanol–water partition coefficient (Wildman–Crippen LogP) is 4.69. The third kappa shape index (κ3) is 2.86. The number of Topliss-reactive ketones (excluding diaryl/α,β-unsaturated/α-hetero) is 1. The van der Waals surface area contributed by atoms with Gasteiger partial charge in [-0.3, -0.25) is 9.69 Å². The lowest BCUT2D eigenvalue weighted by Crippen LogP contribution is -2.41. The molecule has 1 saturated carbocycles. The molecule has 0 bridgehead atoms. The SMILES string of the molecule is Cc1cc2c(c3c1C(=O)/C(=C/c1ccco1)O3)CN(C1CCCCC1)CO2. The van der Waals surface area contributed by atoms with E-state index >= 15 is 0 Å². The molecule has 5 rings (SSSR count). The Labute approximate surface area is 158 Å². The third-order valence-electron chi connectivity index (χ3n) is 5.86. The summed E-state index contributed by atoms with van der Waals surface area (Å²) in [5.74, 6) is 2.33. The summed E-state index contributed by atoms with van der Waals surface area (Å²) in [6.45, 7) is 3.32. The van der Waals surface area contributed by atoms with Gasteiger partial charge in [-0.25, -0.2) is 0 Å². The lowest BCUT2D eigenvalue weighted by Gasteiger charge is -2.37. The van der Waals surface area contributed by atoms with Crippen LogP contribution in [0.3, 0.4) is 0 Å². The smallest absolute Gasteiger partial charge is 0.232 e. The summed E-state index contributed by atoms with van der Waals surface area (Å²) < 4.78 is 17.5. The molecule has 2 aromatic rings. The standard InChI is InChI=1S/C22H23NO4/c1-14-10-18-17(12-23(13-26-18)15-6-3-2-4-7-15)22-20(14)21(24)19(27-22)11-16-8-5-9-25-16/h5,8-11,15H,2-4,6-7,12-13H2,1H3/b19-11-. The number of ketones is 1. The van der Waals surface area contributed by atoms with Crippen LogP contribution in [0.5, 0.6) is 11.5 Å². The number of nitrogens with zero attached hydrogens (tertiary/aromatic N) is 1. The second-order valence-corrected chi connectivity index (χ2v) is 7.64. The number of aryl methyl sites for hydroxylation is 1. The van der Waals surface area contributed by atoms with Crippen molar-refractivity contribution in [3.63, 3.8) is 0 Å². The van der Waals surface area contributed by atoms with Crippen molar-refractivity contribution in [3.05, 3.63) is 52.7 Å². The van der Waals surface area contributed by atoms with Crippen LogP contribution in [0.15, 0.2) is 34.6 Å². The number of ether oxygens (including phenoxy) is 2. The molecule has 0 N–H and O–H groups in total. The summed E-state index contributed by atoms with van der Waals surface area (Å²) in [5.41, 5.74) is 2.53. The van der Waals surface area contributed by atoms with Crippen LogP contribution in [0.4, 0.5) is 0 Å². The summed E-state index contributed by atoms with van der Waals surface area (Å²) >= 11 is 0. The maximum absolute atomic E-state index is 12.9. The molecule has 0 saturated heterocycles. The number of carbonyl (C=O) groups excluding carboxylic acids is 1. The molecule has 27 heavy (non-hydrogen) atoms. The fraction of sp³-hybridized carbons (Fsp3) is 0.409. The van der Waals surface area contributed by atoms with Crippen molar-refractivity contribution in [2.24, 2.45) is 0 Å². The largest absolute Gasteiger partial charge is 0.478 e. The monoisotopic (exact) mass is 365 g/mol. The molecule has 5 heteroatoms. The Hall–Kier alpha value is -2.53. The van der Waals surface area contributed by atoms with E-state index in [0.717, 1.165) is 23.4 Å². The minimum Gasteiger partial charge on any atom is -0.478 e. The van der Waals surface area contributed by atoms with Crippen molar-refractivity contribution in [2.45, 2.75) is 51.6 Å². The highest BCUT2D eigenvalue weighted by molar-refractivity contribution is 6.15. The fourth-order valence-electron chi connectivity index (χ4n) is 4.43. The van der Waals surface area contributed by atoms with Crippen LogP contribution >= 0.6 is 0 Å². The van der Waals surface area contributed by atoms with E-state index < -0.39 is 0 Å². The van der Waals surface area contributed by atoms with E-state index in [2.05, 4.69) is 4.90 Å². The van der Waals surface area contributed by atoms with Crippen LogP contribution in [0.2, 0.25) is 0 Å². The van der Waals surface area contributed by atoms with E-state index in [9.17, 15) is 4.79 Å². The fourth-order valence-corrected chi connectivity index (χ4v) is 4.43. The Morgan fingerprint density at radius 2 is 2.07 bits per heavy atom. The van der Waals surface area contributed by atoms with Gasteiger partial charge in [-0.1, -0.05) is 19.3 Å². The molecule has 0 spiro atoms. The Balaban J connectivity index is 1.50.